The number of hydrogen-bond acceptors (Lipinski definition) is 4. The van der Waals surface area contributed by atoms with E-state index in [4.69, 9.17) is 4.74 Å². The molecule has 4 rings (SSSR count). The van der Waals surface area contributed by atoms with Crippen LogP contribution in [0.2, 0.25) is 0 Å². The summed E-state index contributed by atoms with van der Waals surface area (Å²) in [4.78, 5) is 18.6. The Hall–Kier alpha value is -1.07. The molecule has 1 aromatic heterocycles. The summed E-state index contributed by atoms with van der Waals surface area (Å²) in [6, 6.07) is 4.00. The number of hydrogen-bond donors (Lipinski definition) is 0. The largest absolute Gasteiger partial charge is 0.373 e. The molecule has 0 N–H and O–H groups in total. The molecule has 1 aromatic rings. The summed E-state index contributed by atoms with van der Waals surface area (Å²) in [6.07, 6.45) is 10.9. The first-order valence-electron chi connectivity index (χ1n) is 9.15. The van der Waals surface area contributed by atoms with Crippen LogP contribution < -0.4 is 0 Å². The van der Waals surface area contributed by atoms with Gasteiger partial charge in [-0.05, 0) is 36.8 Å². The Kier molecular flexibility index (Phi) is 4.81. The highest BCUT2D eigenvalue weighted by atomic mass is 32.2. The third kappa shape index (κ3) is 3.62. The molecule has 5 heteroatoms. The molecule has 3 aliphatic rings. The van der Waals surface area contributed by atoms with Gasteiger partial charge in [0.25, 0.3) is 0 Å². The van der Waals surface area contributed by atoms with Gasteiger partial charge < -0.3 is 9.64 Å². The van der Waals surface area contributed by atoms with E-state index in [-0.39, 0.29) is 4.75 Å². The summed E-state index contributed by atoms with van der Waals surface area (Å²) in [5.74, 6) is 2.08. The van der Waals surface area contributed by atoms with Crippen LogP contribution in [0.15, 0.2) is 24.5 Å². The van der Waals surface area contributed by atoms with E-state index < -0.39 is 0 Å². The molecular weight excluding hydrogens is 320 g/mol. The zero-order chi connectivity index (χ0) is 16.4. The molecule has 1 aliphatic carbocycles. The number of ether oxygens (including phenoxy) is 1. The van der Waals surface area contributed by atoms with E-state index in [0.717, 1.165) is 37.2 Å². The average molecular weight is 346 g/mol. The maximum atomic E-state index is 12.4. The van der Waals surface area contributed by atoms with Crippen molar-refractivity contribution >= 4 is 17.7 Å². The molecule has 1 saturated carbocycles. The van der Waals surface area contributed by atoms with Crippen LogP contribution in [-0.4, -0.2) is 45.5 Å². The van der Waals surface area contributed by atoms with Crippen molar-refractivity contribution < 1.29 is 9.53 Å². The van der Waals surface area contributed by atoms with E-state index >= 15 is 0 Å². The van der Waals surface area contributed by atoms with Gasteiger partial charge in [-0.3, -0.25) is 9.78 Å². The fourth-order valence-corrected chi connectivity index (χ4v) is 5.80. The van der Waals surface area contributed by atoms with Gasteiger partial charge in [0.05, 0.1) is 17.5 Å². The van der Waals surface area contributed by atoms with Crippen molar-refractivity contribution in [2.24, 2.45) is 5.92 Å². The Balaban J connectivity index is 1.20. The average Bonchev–Trinajstić information content (AvgIpc) is 3.22. The van der Waals surface area contributed by atoms with Gasteiger partial charge in [-0.15, -0.1) is 11.8 Å². The number of aromatic nitrogens is 1. The zero-order valence-electron chi connectivity index (χ0n) is 14.2. The molecule has 1 amide bonds. The minimum absolute atomic E-state index is 0.269. The SMILES string of the molecule is O=C(CC1CCCC1)N1CC2(C[C@H](OCc3cccnc3)CS2)C1. The molecule has 0 radical (unpaired) electrons. The smallest absolute Gasteiger partial charge is 0.222 e. The molecule has 0 bridgehead atoms. The lowest BCUT2D eigenvalue weighted by atomic mass is 9.91. The first-order chi connectivity index (χ1) is 11.7. The van der Waals surface area contributed by atoms with Crippen LogP contribution in [0.25, 0.3) is 0 Å². The molecule has 0 aromatic carbocycles. The summed E-state index contributed by atoms with van der Waals surface area (Å²) >= 11 is 2.00. The highest BCUT2D eigenvalue weighted by molar-refractivity contribution is 8.01. The number of nitrogens with zero attached hydrogens (tertiary/aromatic N) is 2. The van der Waals surface area contributed by atoms with Gasteiger partial charge in [0.2, 0.25) is 5.91 Å². The molecule has 1 atom stereocenters. The lowest BCUT2D eigenvalue weighted by Crippen LogP contribution is -2.60. The zero-order valence-corrected chi connectivity index (χ0v) is 15.0. The standard InChI is InChI=1S/C19H26N2O2S/c22-18(8-15-4-1-2-5-15)21-13-19(14-21)9-17(12-24-19)23-11-16-6-3-7-20-10-16/h3,6-7,10,15,17H,1-2,4-5,8-9,11-14H2/t17-/m0/s1. The summed E-state index contributed by atoms with van der Waals surface area (Å²) in [7, 11) is 0. The van der Waals surface area contributed by atoms with Gasteiger partial charge >= 0.3 is 0 Å². The van der Waals surface area contributed by atoms with Crippen LogP contribution in [0.5, 0.6) is 0 Å². The molecule has 2 aliphatic heterocycles. The number of carbonyl (C=O) groups excluding carboxylic acids is 1. The number of pyridine rings is 1. The molecule has 2 saturated heterocycles. The number of likely N-dealkylation sites (tertiary alicyclic amines) is 1. The maximum absolute atomic E-state index is 12.4. The van der Waals surface area contributed by atoms with Gasteiger partial charge in [-0.1, -0.05) is 18.9 Å². The maximum Gasteiger partial charge on any atom is 0.222 e. The first kappa shape index (κ1) is 16.4. The van der Waals surface area contributed by atoms with Crippen molar-refractivity contribution in [2.45, 2.75) is 56.0 Å². The predicted octanol–water partition coefficient (Wildman–Crippen LogP) is 3.27. The minimum atomic E-state index is 0.269. The van der Waals surface area contributed by atoms with Crippen LogP contribution in [0.3, 0.4) is 0 Å². The van der Waals surface area contributed by atoms with Crippen LogP contribution in [0.4, 0.5) is 0 Å². The molecule has 24 heavy (non-hydrogen) atoms. The van der Waals surface area contributed by atoms with E-state index in [0.29, 0.717) is 24.5 Å². The quantitative estimate of drug-likeness (QED) is 0.821. The predicted molar refractivity (Wildman–Crippen MR) is 95.8 cm³/mol. The van der Waals surface area contributed by atoms with Crippen LogP contribution in [0, 0.1) is 5.92 Å². The Morgan fingerprint density at radius 3 is 2.96 bits per heavy atom. The molecule has 1 spiro atoms. The van der Waals surface area contributed by atoms with Crippen molar-refractivity contribution in [3.63, 3.8) is 0 Å². The topological polar surface area (TPSA) is 42.4 Å². The number of thioether (sulfide) groups is 1. The van der Waals surface area contributed by atoms with E-state index in [1.165, 1.54) is 25.7 Å². The van der Waals surface area contributed by atoms with Crippen molar-refractivity contribution in [1.82, 2.24) is 9.88 Å². The minimum Gasteiger partial charge on any atom is -0.373 e. The normalized spacial score (nSPS) is 26.0. The van der Waals surface area contributed by atoms with Crippen LogP contribution >= 0.6 is 11.8 Å². The van der Waals surface area contributed by atoms with Crippen molar-refractivity contribution in [3.8, 4) is 0 Å². The molecule has 4 nitrogen and oxygen atoms in total. The third-order valence-electron chi connectivity index (χ3n) is 5.63. The third-order valence-corrected chi connectivity index (χ3v) is 7.21. The molecular formula is C19H26N2O2S. The van der Waals surface area contributed by atoms with E-state index in [2.05, 4.69) is 16.0 Å². The summed E-state index contributed by atoms with van der Waals surface area (Å²) in [5.41, 5.74) is 1.13. The second-order valence-electron chi connectivity index (χ2n) is 7.60. The van der Waals surface area contributed by atoms with Crippen molar-refractivity contribution in [3.05, 3.63) is 30.1 Å². The summed E-state index contributed by atoms with van der Waals surface area (Å²) < 4.78 is 6.33. The number of rotatable bonds is 5. The Morgan fingerprint density at radius 1 is 1.38 bits per heavy atom. The Bertz CT molecular complexity index is 568. The number of carbonyl (C=O) groups is 1. The van der Waals surface area contributed by atoms with Gasteiger partial charge in [-0.2, -0.15) is 0 Å². The van der Waals surface area contributed by atoms with Gasteiger partial charge in [0, 0.05) is 37.7 Å². The lowest BCUT2D eigenvalue weighted by molar-refractivity contribution is -0.137. The second-order valence-corrected chi connectivity index (χ2v) is 9.08. The highest BCUT2D eigenvalue weighted by Crippen LogP contribution is 2.46. The van der Waals surface area contributed by atoms with Crippen molar-refractivity contribution in [1.29, 1.82) is 0 Å². The Labute approximate surface area is 148 Å². The fraction of sp³-hybridized carbons (Fsp3) is 0.684. The lowest BCUT2D eigenvalue weighted by Gasteiger charge is -2.47. The summed E-state index contributed by atoms with van der Waals surface area (Å²) in [6.45, 7) is 2.49. The van der Waals surface area contributed by atoms with E-state index in [1.807, 2.05) is 24.0 Å². The first-order valence-corrected chi connectivity index (χ1v) is 10.1. The van der Waals surface area contributed by atoms with E-state index in [1.54, 1.807) is 6.20 Å². The monoisotopic (exact) mass is 346 g/mol. The molecule has 3 heterocycles. The highest BCUT2D eigenvalue weighted by Gasteiger charge is 2.50. The van der Waals surface area contributed by atoms with E-state index in [9.17, 15) is 4.79 Å². The molecule has 130 valence electrons. The summed E-state index contributed by atoms with van der Waals surface area (Å²) in [5, 5.41) is 0. The fourth-order valence-electron chi connectivity index (χ4n) is 4.24. The van der Waals surface area contributed by atoms with Crippen molar-refractivity contribution in [2.75, 3.05) is 18.8 Å². The molecule has 0 unspecified atom stereocenters. The second kappa shape index (κ2) is 7.04. The number of amides is 1. The molecule has 3 fully saturated rings. The van der Waals surface area contributed by atoms with Gasteiger partial charge in [-0.25, -0.2) is 0 Å². The van der Waals surface area contributed by atoms with Gasteiger partial charge in [0.15, 0.2) is 0 Å². The Morgan fingerprint density at radius 2 is 2.21 bits per heavy atom. The van der Waals surface area contributed by atoms with Crippen LogP contribution in [-0.2, 0) is 16.1 Å². The van der Waals surface area contributed by atoms with Crippen LogP contribution in [0.1, 0.15) is 44.1 Å². The van der Waals surface area contributed by atoms with Gasteiger partial charge in [0.1, 0.15) is 0 Å².